The van der Waals surface area contributed by atoms with Crippen molar-refractivity contribution in [2.45, 2.75) is 29.5 Å². The fourth-order valence-electron chi connectivity index (χ4n) is 3.26. The van der Waals surface area contributed by atoms with E-state index in [2.05, 4.69) is 0 Å². The first-order valence-electron chi connectivity index (χ1n) is 9.43. The number of carboxylic acids is 1. The fraction of sp³-hybridized carbons (Fsp3) is 0.318. The van der Waals surface area contributed by atoms with Crippen LogP contribution in [-0.2, 0) is 9.59 Å². The van der Waals surface area contributed by atoms with Crippen LogP contribution in [0.2, 0.25) is 0 Å². The molecule has 0 spiro atoms. The molecule has 1 aliphatic heterocycles. The van der Waals surface area contributed by atoms with Gasteiger partial charge in [0.15, 0.2) is 0 Å². The number of hydrogen-bond acceptors (Lipinski definition) is 5. The Hall–Kier alpha value is -0.990. The zero-order chi connectivity index (χ0) is 20.8. The Morgan fingerprint density at radius 1 is 1.07 bits per heavy atom. The number of thioether (sulfide) groups is 2. The largest absolute Gasteiger partial charge is 0.480 e. The van der Waals surface area contributed by atoms with Crippen molar-refractivity contribution >= 4 is 78.3 Å². The molecule has 0 saturated carbocycles. The second kappa shape index (κ2) is 12.1. The molecule has 3 rings (SSSR count). The number of benzene rings is 2. The van der Waals surface area contributed by atoms with E-state index in [-0.39, 0.29) is 54.0 Å². The van der Waals surface area contributed by atoms with Gasteiger partial charge in [0.05, 0.1) is 0 Å². The van der Waals surface area contributed by atoms with E-state index in [4.69, 9.17) is 0 Å². The standard InChI is InChI=1S/C22H23NO4S2.Ca/c1-15(14-28-22(27)16-8-4-2-5-9-16)20(24)23-13-18(12-19(23)21(25)26)29-17-10-6-3-7-11-17;/h2-11,15,18-19H,12-14H2,1H3,(H,25,26);/t15-,18+,19+;/m1./s1. The number of aliphatic carboxylic acids is 1. The van der Waals surface area contributed by atoms with Gasteiger partial charge in [-0.2, -0.15) is 0 Å². The maximum Gasteiger partial charge on any atom is 0.326 e. The molecule has 0 bridgehead atoms. The third kappa shape index (κ3) is 6.75. The number of carboxylic acid groups (broad SMARTS) is 1. The van der Waals surface area contributed by atoms with Crippen LogP contribution in [0.4, 0.5) is 0 Å². The number of carbonyl (C=O) groups excluding carboxylic acids is 2. The summed E-state index contributed by atoms with van der Waals surface area (Å²) in [5, 5.41) is 9.55. The van der Waals surface area contributed by atoms with Gasteiger partial charge in [0, 0.05) is 71.7 Å². The Kier molecular flexibility index (Phi) is 10.2. The minimum atomic E-state index is -0.977. The average Bonchev–Trinajstić information content (AvgIpc) is 3.16. The van der Waals surface area contributed by atoms with Gasteiger partial charge in [-0.1, -0.05) is 67.2 Å². The van der Waals surface area contributed by atoms with Gasteiger partial charge in [-0.3, -0.25) is 9.59 Å². The summed E-state index contributed by atoms with van der Waals surface area (Å²) in [7, 11) is 0. The molecule has 0 aliphatic carbocycles. The molecule has 0 unspecified atom stereocenters. The summed E-state index contributed by atoms with van der Waals surface area (Å²) in [5.74, 6) is -1.29. The van der Waals surface area contributed by atoms with Crippen LogP contribution in [0.1, 0.15) is 23.7 Å². The molecule has 1 aliphatic rings. The molecule has 154 valence electrons. The van der Waals surface area contributed by atoms with E-state index in [1.165, 1.54) is 4.90 Å². The van der Waals surface area contributed by atoms with Crippen molar-refractivity contribution in [3.05, 3.63) is 66.2 Å². The summed E-state index contributed by atoms with van der Waals surface area (Å²) >= 11 is 2.70. The van der Waals surface area contributed by atoms with Gasteiger partial charge in [0.25, 0.3) is 0 Å². The summed E-state index contributed by atoms with van der Waals surface area (Å²) in [6.45, 7) is 2.15. The third-order valence-corrected chi connectivity index (χ3v) is 7.16. The Morgan fingerprint density at radius 2 is 1.67 bits per heavy atom. The minimum Gasteiger partial charge on any atom is -0.480 e. The number of likely N-dealkylation sites (tertiary alicyclic amines) is 1. The summed E-state index contributed by atoms with van der Waals surface area (Å²) < 4.78 is 0. The first-order valence-corrected chi connectivity index (χ1v) is 11.3. The van der Waals surface area contributed by atoms with Gasteiger partial charge in [0.2, 0.25) is 11.0 Å². The average molecular weight is 470 g/mol. The van der Waals surface area contributed by atoms with Crippen LogP contribution in [0.25, 0.3) is 0 Å². The molecule has 2 aromatic carbocycles. The van der Waals surface area contributed by atoms with Crippen LogP contribution in [0.5, 0.6) is 0 Å². The van der Waals surface area contributed by atoms with Gasteiger partial charge in [-0.15, -0.1) is 11.8 Å². The van der Waals surface area contributed by atoms with Crippen molar-refractivity contribution in [3.63, 3.8) is 0 Å². The number of nitrogens with zero attached hydrogens (tertiary/aromatic N) is 1. The molecule has 0 aromatic heterocycles. The molecule has 30 heavy (non-hydrogen) atoms. The minimum absolute atomic E-state index is 0. The van der Waals surface area contributed by atoms with E-state index in [1.807, 2.05) is 36.4 Å². The molecule has 1 heterocycles. The second-order valence-corrected chi connectivity index (χ2v) is 9.37. The van der Waals surface area contributed by atoms with Crippen LogP contribution in [-0.4, -0.2) is 88.3 Å². The number of carbonyl (C=O) groups is 3. The number of hydrogen-bond donors (Lipinski definition) is 1. The molecule has 3 atom stereocenters. The maximum atomic E-state index is 12.9. The van der Waals surface area contributed by atoms with Crippen molar-refractivity contribution in [2.75, 3.05) is 12.3 Å². The predicted octanol–water partition coefficient (Wildman–Crippen LogP) is 3.66. The van der Waals surface area contributed by atoms with Crippen molar-refractivity contribution in [2.24, 2.45) is 5.92 Å². The molecule has 2 radical (unpaired) electrons. The number of amides is 1. The van der Waals surface area contributed by atoms with E-state index < -0.39 is 17.9 Å². The second-order valence-electron chi connectivity index (χ2n) is 7.00. The quantitative estimate of drug-likeness (QED) is 0.624. The Balaban J connectivity index is 0.00000320. The molecule has 1 saturated heterocycles. The van der Waals surface area contributed by atoms with Gasteiger partial charge in [0.1, 0.15) is 6.04 Å². The first kappa shape index (κ1) is 25.3. The van der Waals surface area contributed by atoms with E-state index in [0.717, 1.165) is 16.7 Å². The van der Waals surface area contributed by atoms with E-state index in [0.29, 0.717) is 24.3 Å². The Morgan fingerprint density at radius 3 is 2.27 bits per heavy atom. The molecule has 8 heteroatoms. The van der Waals surface area contributed by atoms with Crippen molar-refractivity contribution < 1.29 is 19.5 Å². The van der Waals surface area contributed by atoms with Crippen molar-refractivity contribution in [1.29, 1.82) is 0 Å². The van der Waals surface area contributed by atoms with Crippen molar-refractivity contribution in [1.82, 2.24) is 4.90 Å². The molecular weight excluding hydrogens is 446 g/mol. The first-order chi connectivity index (χ1) is 14.0. The smallest absolute Gasteiger partial charge is 0.326 e. The Labute approximate surface area is 215 Å². The molecule has 2 aromatic rings. The fourth-order valence-corrected chi connectivity index (χ4v) is 5.32. The van der Waals surface area contributed by atoms with Crippen LogP contribution >= 0.6 is 23.5 Å². The molecule has 1 N–H and O–H groups in total. The predicted molar refractivity (Wildman–Crippen MR) is 122 cm³/mol. The van der Waals surface area contributed by atoms with Crippen molar-refractivity contribution in [3.8, 4) is 0 Å². The molecule has 1 amide bonds. The third-order valence-electron chi connectivity index (χ3n) is 4.77. The van der Waals surface area contributed by atoms with E-state index >= 15 is 0 Å². The molecular formula is C22H23CaNO4S2. The van der Waals surface area contributed by atoms with Gasteiger partial charge < -0.3 is 10.0 Å². The van der Waals surface area contributed by atoms with Crippen LogP contribution in [0.15, 0.2) is 65.6 Å². The van der Waals surface area contributed by atoms with Crippen LogP contribution < -0.4 is 0 Å². The zero-order valence-corrected chi connectivity index (χ0v) is 20.6. The monoisotopic (exact) mass is 469 g/mol. The maximum absolute atomic E-state index is 12.9. The van der Waals surface area contributed by atoms with Crippen LogP contribution in [0.3, 0.4) is 0 Å². The molecule has 5 nitrogen and oxygen atoms in total. The summed E-state index contributed by atoms with van der Waals surface area (Å²) in [4.78, 5) is 39.5. The van der Waals surface area contributed by atoms with E-state index in [9.17, 15) is 19.5 Å². The van der Waals surface area contributed by atoms with Crippen LogP contribution in [0, 0.1) is 5.92 Å². The van der Waals surface area contributed by atoms with Gasteiger partial charge in [-0.05, 0) is 18.6 Å². The molecule has 1 fully saturated rings. The normalized spacial score (nSPS) is 19.0. The summed E-state index contributed by atoms with van der Waals surface area (Å²) in [6.07, 6.45) is 0.420. The summed E-state index contributed by atoms with van der Waals surface area (Å²) in [5.41, 5.74) is 0.598. The Bertz CT molecular complexity index is 866. The summed E-state index contributed by atoms with van der Waals surface area (Å²) in [6, 6.07) is 17.9. The SMILES string of the molecule is C[C@H](CSC(=O)c1ccccc1)C(=O)N1C[C@@H](Sc2ccccc2)C[C@H]1C(=O)O.[Ca]. The van der Waals surface area contributed by atoms with Gasteiger partial charge in [-0.25, -0.2) is 4.79 Å². The van der Waals surface area contributed by atoms with E-state index in [1.54, 1.807) is 43.0 Å². The topological polar surface area (TPSA) is 74.7 Å². The zero-order valence-electron chi connectivity index (χ0n) is 16.8. The van der Waals surface area contributed by atoms with Gasteiger partial charge >= 0.3 is 5.97 Å². The number of rotatable bonds is 7.